The monoisotopic (exact) mass is 188 g/mol. The Bertz CT molecular complexity index is 400. The van der Waals surface area contributed by atoms with Crippen LogP contribution in [0.3, 0.4) is 0 Å². The number of para-hydroxylation sites is 1. The lowest BCUT2D eigenvalue weighted by atomic mass is 10.1. The molecule has 3 rings (SSSR count). The molecule has 0 amide bonds. The maximum atomic E-state index is 11.7. The normalized spacial score (nSPS) is 19.4. The SMILES string of the molecule is O=C1CN2CCNCc3cccc1c32. The lowest BCUT2D eigenvalue weighted by molar-refractivity contribution is 0.101. The molecule has 0 atom stereocenters. The van der Waals surface area contributed by atoms with Crippen LogP contribution in [0.2, 0.25) is 0 Å². The number of hydrogen-bond donors (Lipinski definition) is 1. The van der Waals surface area contributed by atoms with Gasteiger partial charge < -0.3 is 10.2 Å². The summed E-state index contributed by atoms with van der Waals surface area (Å²) >= 11 is 0. The fourth-order valence-electron chi connectivity index (χ4n) is 2.30. The number of carbonyl (C=O) groups excluding carboxylic acids is 1. The zero-order valence-corrected chi connectivity index (χ0v) is 7.92. The van der Waals surface area contributed by atoms with Gasteiger partial charge in [0.05, 0.1) is 12.2 Å². The number of nitrogens with one attached hydrogen (secondary N) is 1. The van der Waals surface area contributed by atoms with Crippen LogP contribution < -0.4 is 10.2 Å². The topological polar surface area (TPSA) is 32.3 Å². The summed E-state index contributed by atoms with van der Waals surface area (Å²) in [7, 11) is 0. The van der Waals surface area contributed by atoms with Crippen molar-refractivity contribution in [2.75, 3.05) is 24.5 Å². The Morgan fingerprint density at radius 1 is 1.36 bits per heavy atom. The van der Waals surface area contributed by atoms with Crippen molar-refractivity contribution in [3.8, 4) is 0 Å². The minimum Gasteiger partial charge on any atom is -0.362 e. The Hall–Kier alpha value is -1.35. The number of carbonyl (C=O) groups is 1. The fraction of sp³-hybridized carbons (Fsp3) is 0.364. The number of benzene rings is 1. The van der Waals surface area contributed by atoms with E-state index in [0.29, 0.717) is 6.54 Å². The van der Waals surface area contributed by atoms with Crippen LogP contribution in [0.1, 0.15) is 15.9 Å². The van der Waals surface area contributed by atoms with Gasteiger partial charge in [0, 0.05) is 25.2 Å². The summed E-state index contributed by atoms with van der Waals surface area (Å²) in [6.45, 7) is 3.35. The first-order valence-corrected chi connectivity index (χ1v) is 4.97. The van der Waals surface area contributed by atoms with Gasteiger partial charge in [-0.3, -0.25) is 4.79 Å². The molecule has 0 spiro atoms. The maximum Gasteiger partial charge on any atom is 0.184 e. The molecule has 0 radical (unpaired) electrons. The van der Waals surface area contributed by atoms with Gasteiger partial charge >= 0.3 is 0 Å². The molecule has 1 aromatic carbocycles. The van der Waals surface area contributed by atoms with Gasteiger partial charge in [-0.15, -0.1) is 0 Å². The maximum absolute atomic E-state index is 11.7. The Kier molecular flexibility index (Phi) is 1.61. The zero-order valence-electron chi connectivity index (χ0n) is 7.92. The molecule has 14 heavy (non-hydrogen) atoms. The molecule has 1 N–H and O–H groups in total. The number of hydrogen-bond acceptors (Lipinski definition) is 3. The van der Waals surface area contributed by atoms with Crippen molar-refractivity contribution in [3.05, 3.63) is 29.3 Å². The van der Waals surface area contributed by atoms with Crippen LogP contribution in [0.4, 0.5) is 5.69 Å². The van der Waals surface area contributed by atoms with E-state index in [1.807, 2.05) is 12.1 Å². The van der Waals surface area contributed by atoms with Crippen LogP contribution in [0.25, 0.3) is 0 Å². The van der Waals surface area contributed by atoms with Gasteiger partial charge in [-0.25, -0.2) is 0 Å². The third kappa shape index (κ3) is 0.990. The molecule has 3 heteroatoms. The second-order valence-corrected chi connectivity index (χ2v) is 3.83. The molecule has 0 unspecified atom stereocenters. The van der Waals surface area contributed by atoms with Crippen molar-refractivity contribution in [2.45, 2.75) is 6.54 Å². The van der Waals surface area contributed by atoms with E-state index in [1.165, 1.54) is 11.3 Å². The third-order valence-corrected chi connectivity index (χ3v) is 2.94. The summed E-state index contributed by atoms with van der Waals surface area (Å²) in [4.78, 5) is 13.9. The second-order valence-electron chi connectivity index (χ2n) is 3.83. The van der Waals surface area contributed by atoms with Crippen molar-refractivity contribution >= 4 is 11.5 Å². The van der Waals surface area contributed by atoms with Crippen LogP contribution in [0, 0.1) is 0 Å². The van der Waals surface area contributed by atoms with E-state index in [4.69, 9.17) is 0 Å². The van der Waals surface area contributed by atoms with E-state index in [0.717, 1.165) is 25.2 Å². The summed E-state index contributed by atoms with van der Waals surface area (Å²) in [5.74, 6) is 0.267. The van der Waals surface area contributed by atoms with Crippen molar-refractivity contribution in [3.63, 3.8) is 0 Å². The minimum atomic E-state index is 0.267. The first-order valence-electron chi connectivity index (χ1n) is 4.97. The molecular formula is C11H12N2O. The second kappa shape index (κ2) is 2.82. The van der Waals surface area contributed by atoms with Gasteiger partial charge in [0.1, 0.15) is 0 Å². The molecular weight excluding hydrogens is 176 g/mol. The molecule has 0 aliphatic carbocycles. The molecule has 0 saturated carbocycles. The van der Waals surface area contributed by atoms with E-state index in [-0.39, 0.29) is 5.78 Å². The predicted octanol–water partition coefficient (Wildman–Crippen LogP) is 0.792. The molecule has 3 nitrogen and oxygen atoms in total. The van der Waals surface area contributed by atoms with Crippen LogP contribution in [-0.2, 0) is 6.54 Å². The highest BCUT2D eigenvalue weighted by Crippen LogP contribution is 2.32. The number of rotatable bonds is 0. The van der Waals surface area contributed by atoms with Crippen molar-refractivity contribution in [1.29, 1.82) is 0 Å². The zero-order chi connectivity index (χ0) is 9.54. The van der Waals surface area contributed by atoms with E-state index >= 15 is 0 Å². The largest absolute Gasteiger partial charge is 0.362 e. The van der Waals surface area contributed by atoms with E-state index in [9.17, 15) is 4.79 Å². The first-order chi connectivity index (χ1) is 6.86. The molecule has 2 aliphatic rings. The molecule has 0 bridgehead atoms. The number of Topliss-reactive ketones (excluding diaryl/α,β-unsaturated/α-hetero) is 1. The standard InChI is InChI=1S/C11H12N2O/c14-10-7-13-5-4-12-6-8-2-1-3-9(10)11(8)13/h1-3,12H,4-7H2. The lowest BCUT2D eigenvalue weighted by Gasteiger charge is -2.16. The average molecular weight is 188 g/mol. The molecule has 2 heterocycles. The predicted molar refractivity (Wildman–Crippen MR) is 54.7 cm³/mol. The summed E-state index contributed by atoms with van der Waals surface area (Å²) in [5.41, 5.74) is 3.33. The first kappa shape index (κ1) is 8.00. The average Bonchev–Trinajstić information content (AvgIpc) is 2.41. The van der Waals surface area contributed by atoms with E-state index < -0.39 is 0 Å². The molecule has 0 fully saturated rings. The van der Waals surface area contributed by atoms with Crippen molar-refractivity contribution in [1.82, 2.24) is 5.32 Å². The van der Waals surface area contributed by atoms with Crippen LogP contribution in [-0.4, -0.2) is 25.4 Å². The number of ketones is 1. The number of anilines is 1. The summed E-state index contributed by atoms with van der Waals surface area (Å²) < 4.78 is 0. The van der Waals surface area contributed by atoms with Crippen molar-refractivity contribution in [2.24, 2.45) is 0 Å². The highest BCUT2D eigenvalue weighted by molar-refractivity contribution is 6.09. The van der Waals surface area contributed by atoms with Crippen molar-refractivity contribution < 1.29 is 4.79 Å². The molecule has 1 aromatic rings. The summed E-state index contributed by atoms with van der Waals surface area (Å²) in [6.07, 6.45) is 0. The van der Waals surface area contributed by atoms with Gasteiger partial charge in [-0.1, -0.05) is 12.1 Å². The van der Waals surface area contributed by atoms with Crippen LogP contribution in [0.15, 0.2) is 18.2 Å². The van der Waals surface area contributed by atoms with Gasteiger partial charge in [0.15, 0.2) is 5.78 Å². The molecule has 0 aromatic heterocycles. The third-order valence-electron chi connectivity index (χ3n) is 2.94. The molecule has 0 saturated heterocycles. The van der Waals surface area contributed by atoms with Gasteiger partial charge in [0.2, 0.25) is 0 Å². The summed E-state index contributed by atoms with van der Waals surface area (Å²) in [6, 6.07) is 6.01. The Morgan fingerprint density at radius 2 is 2.29 bits per heavy atom. The molecule has 72 valence electrons. The highest BCUT2D eigenvalue weighted by atomic mass is 16.1. The molecule has 2 aliphatic heterocycles. The van der Waals surface area contributed by atoms with E-state index in [1.54, 1.807) is 0 Å². The van der Waals surface area contributed by atoms with Gasteiger partial charge in [0.25, 0.3) is 0 Å². The fourth-order valence-corrected chi connectivity index (χ4v) is 2.30. The Morgan fingerprint density at radius 3 is 3.21 bits per heavy atom. The lowest BCUT2D eigenvalue weighted by Crippen LogP contribution is -2.28. The minimum absolute atomic E-state index is 0.267. The quantitative estimate of drug-likeness (QED) is 0.653. The van der Waals surface area contributed by atoms with Gasteiger partial charge in [-0.05, 0) is 11.6 Å². The van der Waals surface area contributed by atoms with Crippen LogP contribution >= 0.6 is 0 Å². The highest BCUT2D eigenvalue weighted by Gasteiger charge is 2.29. The number of nitrogens with zero attached hydrogens (tertiary/aromatic N) is 1. The van der Waals surface area contributed by atoms with Gasteiger partial charge in [-0.2, -0.15) is 0 Å². The smallest absolute Gasteiger partial charge is 0.184 e. The Labute approximate surface area is 82.7 Å². The Balaban J connectivity index is 2.22. The summed E-state index contributed by atoms with van der Waals surface area (Å²) in [5, 5.41) is 3.36. The van der Waals surface area contributed by atoms with E-state index in [2.05, 4.69) is 16.3 Å². The van der Waals surface area contributed by atoms with Crippen LogP contribution in [0.5, 0.6) is 0 Å².